The number of rotatable bonds is 5. The molecule has 0 atom stereocenters. The SMILES string of the molecule is CCOc1ccc(-n2cnc3cc(CNC)ccc32)cc1. The molecular formula is C17H19N3O. The van der Waals surface area contributed by atoms with Crippen molar-refractivity contribution in [3.05, 3.63) is 54.4 Å². The van der Waals surface area contributed by atoms with Crippen LogP contribution in [-0.4, -0.2) is 23.2 Å². The second-order valence-corrected chi connectivity index (χ2v) is 4.89. The Kier molecular flexibility index (Phi) is 3.88. The number of fused-ring (bicyclic) bond motifs is 1. The van der Waals surface area contributed by atoms with Gasteiger partial charge in [0, 0.05) is 12.2 Å². The molecule has 0 radical (unpaired) electrons. The average molecular weight is 281 g/mol. The van der Waals surface area contributed by atoms with E-state index in [0.29, 0.717) is 6.61 Å². The van der Waals surface area contributed by atoms with Crippen LogP contribution in [0.4, 0.5) is 0 Å². The first-order valence-electron chi connectivity index (χ1n) is 7.15. The minimum absolute atomic E-state index is 0.682. The maximum atomic E-state index is 5.48. The van der Waals surface area contributed by atoms with Crippen LogP contribution in [0.2, 0.25) is 0 Å². The summed E-state index contributed by atoms with van der Waals surface area (Å²) in [6, 6.07) is 14.4. The lowest BCUT2D eigenvalue weighted by Gasteiger charge is -2.07. The minimum Gasteiger partial charge on any atom is -0.494 e. The number of benzene rings is 2. The highest BCUT2D eigenvalue weighted by Gasteiger charge is 2.05. The van der Waals surface area contributed by atoms with E-state index in [1.807, 2.05) is 44.6 Å². The van der Waals surface area contributed by atoms with Crippen LogP contribution in [0.5, 0.6) is 5.75 Å². The summed E-state index contributed by atoms with van der Waals surface area (Å²) in [5.74, 6) is 0.891. The van der Waals surface area contributed by atoms with Crippen LogP contribution < -0.4 is 10.1 Å². The lowest BCUT2D eigenvalue weighted by molar-refractivity contribution is 0.340. The Bertz CT molecular complexity index is 731. The highest BCUT2D eigenvalue weighted by Crippen LogP contribution is 2.21. The highest BCUT2D eigenvalue weighted by atomic mass is 16.5. The van der Waals surface area contributed by atoms with E-state index in [9.17, 15) is 0 Å². The van der Waals surface area contributed by atoms with Gasteiger partial charge in [-0.2, -0.15) is 0 Å². The number of hydrogen-bond acceptors (Lipinski definition) is 3. The maximum Gasteiger partial charge on any atom is 0.119 e. The third-order valence-corrected chi connectivity index (χ3v) is 3.42. The first kappa shape index (κ1) is 13.6. The summed E-state index contributed by atoms with van der Waals surface area (Å²) in [5, 5.41) is 3.16. The second-order valence-electron chi connectivity index (χ2n) is 4.89. The number of nitrogens with one attached hydrogen (secondary N) is 1. The Morgan fingerprint density at radius 1 is 1.14 bits per heavy atom. The van der Waals surface area contributed by atoms with E-state index < -0.39 is 0 Å². The van der Waals surface area contributed by atoms with Gasteiger partial charge in [-0.3, -0.25) is 4.57 Å². The van der Waals surface area contributed by atoms with E-state index in [4.69, 9.17) is 4.74 Å². The molecule has 3 aromatic rings. The van der Waals surface area contributed by atoms with Crippen LogP contribution >= 0.6 is 0 Å². The van der Waals surface area contributed by atoms with Crippen molar-refractivity contribution in [2.45, 2.75) is 13.5 Å². The first-order valence-corrected chi connectivity index (χ1v) is 7.15. The Balaban J connectivity index is 1.96. The van der Waals surface area contributed by atoms with E-state index >= 15 is 0 Å². The standard InChI is InChI=1S/C17H19N3O/c1-3-21-15-7-5-14(6-8-15)20-12-19-16-10-13(11-18-2)4-9-17(16)20/h4-10,12,18H,3,11H2,1-2H3. The lowest BCUT2D eigenvalue weighted by Crippen LogP contribution is -2.04. The van der Waals surface area contributed by atoms with Crippen molar-refractivity contribution in [3.63, 3.8) is 0 Å². The van der Waals surface area contributed by atoms with Crippen LogP contribution in [-0.2, 0) is 6.54 Å². The summed E-state index contributed by atoms with van der Waals surface area (Å²) in [6.07, 6.45) is 1.86. The maximum absolute atomic E-state index is 5.48. The molecule has 3 rings (SSSR count). The summed E-state index contributed by atoms with van der Waals surface area (Å²) in [7, 11) is 1.95. The average Bonchev–Trinajstić information content (AvgIpc) is 2.92. The molecule has 0 aliphatic rings. The Hall–Kier alpha value is -2.33. The van der Waals surface area contributed by atoms with Gasteiger partial charge in [0.15, 0.2) is 0 Å². The van der Waals surface area contributed by atoms with Gasteiger partial charge in [0.25, 0.3) is 0 Å². The molecule has 1 aromatic heterocycles. The van der Waals surface area contributed by atoms with Gasteiger partial charge in [-0.25, -0.2) is 4.98 Å². The molecule has 0 amide bonds. The van der Waals surface area contributed by atoms with Gasteiger partial charge in [-0.1, -0.05) is 6.07 Å². The van der Waals surface area contributed by atoms with E-state index in [0.717, 1.165) is 29.0 Å². The van der Waals surface area contributed by atoms with Gasteiger partial charge in [0.2, 0.25) is 0 Å². The molecule has 108 valence electrons. The molecule has 4 heteroatoms. The third-order valence-electron chi connectivity index (χ3n) is 3.42. The highest BCUT2D eigenvalue weighted by molar-refractivity contribution is 5.78. The fraction of sp³-hybridized carbons (Fsp3) is 0.235. The van der Waals surface area contributed by atoms with E-state index in [1.165, 1.54) is 5.56 Å². The van der Waals surface area contributed by atoms with E-state index in [-0.39, 0.29) is 0 Å². The van der Waals surface area contributed by atoms with Crippen molar-refractivity contribution < 1.29 is 4.74 Å². The molecule has 21 heavy (non-hydrogen) atoms. The van der Waals surface area contributed by atoms with Crippen molar-refractivity contribution in [1.29, 1.82) is 0 Å². The predicted molar refractivity (Wildman–Crippen MR) is 85.0 cm³/mol. The number of nitrogens with zero attached hydrogens (tertiary/aromatic N) is 2. The first-order chi connectivity index (χ1) is 10.3. The molecule has 0 spiro atoms. The summed E-state index contributed by atoms with van der Waals surface area (Å²) in [5.41, 5.74) is 4.44. The Labute approximate surface area is 124 Å². The molecule has 2 aromatic carbocycles. The van der Waals surface area contributed by atoms with Gasteiger partial charge in [-0.05, 0) is 55.9 Å². The normalized spacial score (nSPS) is 11.0. The largest absolute Gasteiger partial charge is 0.494 e. The summed E-state index contributed by atoms with van der Waals surface area (Å²) in [4.78, 5) is 4.50. The summed E-state index contributed by atoms with van der Waals surface area (Å²) >= 11 is 0. The van der Waals surface area contributed by atoms with Crippen molar-refractivity contribution in [2.75, 3.05) is 13.7 Å². The van der Waals surface area contributed by atoms with Gasteiger partial charge < -0.3 is 10.1 Å². The molecule has 1 N–H and O–H groups in total. The molecule has 0 saturated heterocycles. The zero-order chi connectivity index (χ0) is 14.7. The summed E-state index contributed by atoms with van der Waals surface area (Å²) in [6.45, 7) is 3.52. The van der Waals surface area contributed by atoms with Crippen LogP contribution in [0.15, 0.2) is 48.8 Å². The number of aromatic nitrogens is 2. The van der Waals surface area contributed by atoms with Crippen LogP contribution in [0.1, 0.15) is 12.5 Å². The van der Waals surface area contributed by atoms with Crippen LogP contribution in [0.25, 0.3) is 16.7 Å². The molecule has 0 bridgehead atoms. The predicted octanol–water partition coefficient (Wildman–Crippen LogP) is 3.14. The zero-order valence-electron chi connectivity index (χ0n) is 12.3. The molecule has 0 unspecified atom stereocenters. The fourth-order valence-electron chi connectivity index (χ4n) is 2.45. The monoisotopic (exact) mass is 281 g/mol. The Morgan fingerprint density at radius 3 is 2.67 bits per heavy atom. The van der Waals surface area contributed by atoms with Crippen LogP contribution in [0.3, 0.4) is 0 Å². The van der Waals surface area contributed by atoms with E-state index in [1.54, 1.807) is 0 Å². The number of ether oxygens (including phenoxy) is 1. The number of imidazole rings is 1. The van der Waals surface area contributed by atoms with Gasteiger partial charge >= 0.3 is 0 Å². The minimum atomic E-state index is 0.682. The molecule has 1 heterocycles. The third kappa shape index (κ3) is 2.76. The summed E-state index contributed by atoms with van der Waals surface area (Å²) < 4.78 is 7.57. The quantitative estimate of drug-likeness (QED) is 0.781. The Morgan fingerprint density at radius 2 is 1.95 bits per heavy atom. The number of hydrogen-bond donors (Lipinski definition) is 1. The molecule has 4 nitrogen and oxygen atoms in total. The molecular weight excluding hydrogens is 262 g/mol. The van der Waals surface area contributed by atoms with Crippen LogP contribution in [0, 0.1) is 0 Å². The molecule has 0 aliphatic carbocycles. The van der Waals surface area contributed by atoms with Gasteiger partial charge in [-0.15, -0.1) is 0 Å². The van der Waals surface area contributed by atoms with Crippen molar-refractivity contribution in [2.24, 2.45) is 0 Å². The lowest BCUT2D eigenvalue weighted by atomic mass is 10.2. The topological polar surface area (TPSA) is 39.1 Å². The second kappa shape index (κ2) is 5.97. The molecule has 0 saturated carbocycles. The van der Waals surface area contributed by atoms with Crippen molar-refractivity contribution in [1.82, 2.24) is 14.9 Å². The smallest absolute Gasteiger partial charge is 0.119 e. The molecule has 0 aliphatic heterocycles. The fourth-order valence-corrected chi connectivity index (χ4v) is 2.45. The van der Waals surface area contributed by atoms with Gasteiger partial charge in [0.05, 0.1) is 17.6 Å². The van der Waals surface area contributed by atoms with Crippen molar-refractivity contribution >= 4 is 11.0 Å². The zero-order valence-corrected chi connectivity index (χ0v) is 12.3. The van der Waals surface area contributed by atoms with Gasteiger partial charge in [0.1, 0.15) is 12.1 Å². The van der Waals surface area contributed by atoms with E-state index in [2.05, 4.69) is 33.1 Å². The molecule has 0 fully saturated rings. The van der Waals surface area contributed by atoms with Crippen molar-refractivity contribution in [3.8, 4) is 11.4 Å².